The number of amides is 1. The Kier molecular flexibility index (Phi) is 8.84. The summed E-state index contributed by atoms with van der Waals surface area (Å²) in [5, 5.41) is 33.7. The summed E-state index contributed by atoms with van der Waals surface area (Å²) >= 11 is 0. The Labute approximate surface area is 332 Å². The molecule has 2 aliphatic heterocycles. The number of phenols is 2. The summed E-state index contributed by atoms with van der Waals surface area (Å²) in [6.07, 6.45) is 1.57. The predicted octanol–water partition coefficient (Wildman–Crippen LogP) is 10.7. The highest BCUT2D eigenvalue weighted by Crippen LogP contribution is 2.58. The maximum atomic E-state index is 14.9. The van der Waals surface area contributed by atoms with Gasteiger partial charge in [0.1, 0.15) is 28.5 Å². The predicted molar refractivity (Wildman–Crippen MR) is 230 cm³/mol. The number of ether oxygens (including phenoxy) is 1. The molecule has 2 aliphatic rings. The Morgan fingerprint density at radius 2 is 1.19 bits per heavy atom. The lowest BCUT2D eigenvalue weighted by Crippen LogP contribution is -2.44. The molecule has 0 bridgehead atoms. The number of carbonyl (C=O) groups excluding carboxylic acids is 1. The topological polar surface area (TPSA) is 88.8 Å². The van der Waals surface area contributed by atoms with Crippen molar-refractivity contribution in [3.63, 3.8) is 0 Å². The molecule has 1 spiro atoms. The van der Waals surface area contributed by atoms with E-state index in [9.17, 15) is 15.0 Å². The molecule has 0 aliphatic carbocycles. The van der Waals surface area contributed by atoms with Crippen molar-refractivity contribution in [3.05, 3.63) is 155 Å². The molecule has 284 valence electrons. The number of carbonyl (C=O) groups is 1. The third-order valence-electron chi connectivity index (χ3n) is 11.8. The molecule has 1 amide bonds. The number of hydrogen-bond acceptors (Lipinski definition) is 7. The van der Waals surface area contributed by atoms with Crippen molar-refractivity contribution in [2.75, 3.05) is 36.0 Å². The van der Waals surface area contributed by atoms with E-state index < -0.39 is 5.54 Å². The summed E-state index contributed by atoms with van der Waals surface area (Å²) in [5.74, 6) is 1.03. The van der Waals surface area contributed by atoms with Gasteiger partial charge in [0.15, 0.2) is 0 Å². The highest BCUT2D eigenvalue weighted by molar-refractivity contribution is 6.12. The molecule has 0 saturated heterocycles. The van der Waals surface area contributed by atoms with E-state index in [4.69, 9.17) is 9.84 Å². The summed E-state index contributed by atoms with van der Waals surface area (Å²) < 4.78 is 6.86. The van der Waals surface area contributed by atoms with Crippen LogP contribution in [-0.4, -0.2) is 53.5 Å². The van der Waals surface area contributed by atoms with Crippen LogP contribution in [0.15, 0.2) is 132 Å². The van der Waals surface area contributed by atoms with Crippen molar-refractivity contribution in [3.8, 4) is 34.1 Å². The Bertz CT molecular complexity index is 2690. The number of fused-ring (bicyclic) bond motifs is 8. The highest BCUT2D eigenvalue weighted by atomic mass is 16.5. The van der Waals surface area contributed by atoms with Crippen LogP contribution in [0.4, 0.5) is 11.4 Å². The van der Waals surface area contributed by atoms with E-state index >= 15 is 0 Å². The van der Waals surface area contributed by atoms with Crippen molar-refractivity contribution >= 4 is 45.0 Å². The van der Waals surface area contributed by atoms with Crippen molar-refractivity contribution in [1.29, 1.82) is 0 Å². The van der Waals surface area contributed by atoms with Crippen molar-refractivity contribution in [2.24, 2.45) is 5.10 Å². The molecule has 8 nitrogen and oxygen atoms in total. The van der Waals surface area contributed by atoms with Crippen LogP contribution in [0.3, 0.4) is 0 Å². The van der Waals surface area contributed by atoms with Crippen LogP contribution in [-0.2, 0) is 5.54 Å². The molecule has 7 aromatic carbocycles. The van der Waals surface area contributed by atoms with Gasteiger partial charge in [-0.15, -0.1) is 0 Å². The lowest BCUT2D eigenvalue weighted by atomic mass is 9.75. The second kappa shape index (κ2) is 14.0. The number of nitrogens with zero attached hydrogens (tertiary/aromatic N) is 4. The molecule has 8 heteroatoms. The minimum Gasteiger partial charge on any atom is -0.507 e. The monoisotopic (exact) mass is 752 g/mol. The van der Waals surface area contributed by atoms with Gasteiger partial charge in [-0.2, -0.15) is 5.10 Å². The summed E-state index contributed by atoms with van der Waals surface area (Å²) in [6, 6.07) is 41.2. The van der Waals surface area contributed by atoms with Gasteiger partial charge in [0, 0.05) is 88.6 Å². The maximum Gasteiger partial charge on any atom is 0.275 e. The van der Waals surface area contributed by atoms with E-state index in [2.05, 4.69) is 73.9 Å². The second-order valence-corrected chi connectivity index (χ2v) is 14.5. The molecule has 2 N–H and O–H groups in total. The van der Waals surface area contributed by atoms with Crippen molar-refractivity contribution in [1.82, 2.24) is 5.01 Å². The average molecular weight is 753 g/mol. The third-order valence-corrected chi connectivity index (χ3v) is 11.8. The molecule has 0 unspecified atom stereocenters. The number of benzene rings is 7. The SMILES string of the molecule is CCN(CC)c1ccc2c(c1)Oc1cc(N(CC)CC)ccc1C21c2ccccc2C(=O)N1/N=C/c1cc2ccccc2c(-c2c(O)ccc3ccccc23)c1O. The van der Waals surface area contributed by atoms with Gasteiger partial charge >= 0.3 is 0 Å². The molecular formula is C49H44N4O4. The first kappa shape index (κ1) is 35.9. The summed E-state index contributed by atoms with van der Waals surface area (Å²) in [6.45, 7) is 11.8. The fourth-order valence-corrected chi connectivity index (χ4v) is 9.00. The van der Waals surface area contributed by atoms with Crippen LogP contribution in [0.1, 0.15) is 60.3 Å². The summed E-state index contributed by atoms with van der Waals surface area (Å²) in [7, 11) is 0. The average Bonchev–Trinajstić information content (AvgIpc) is 3.48. The van der Waals surface area contributed by atoms with E-state index in [1.807, 2.05) is 84.9 Å². The molecule has 0 radical (unpaired) electrons. The van der Waals surface area contributed by atoms with Gasteiger partial charge in [0.05, 0.1) is 6.21 Å². The number of rotatable bonds is 9. The molecule has 57 heavy (non-hydrogen) atoms. The van der Waals surface area contributed by atoms with Crippen LogP contribution < -0.4 is 14.5 Å². The number of aromatic hydroxyl groups is 2. The van der Waals surface area contributed by atoms with E-state index in [0.29, 0.717) is 33.8 Å². The number of phenolic OH excluding ortho intramolecular Hbond substituents is 2. The van der Waals surface area contributed by atoms with Gasteiger partial charge in [0.2, 0.25) is 0 Å². The zero-order valence-corrected chi connectivity index (χ0v) is 32.5. The van der Waals surface area contributed by atoms with Crippen molar-refractivity contribution in [2.45, 2.75) is 33.2 Å². The van der Waals surface area contributed by atoms with Crippen LogP contribution >= 0.6 is 0 Å². The Balaban J connectivity index is 1.29. The first-order valence-electron chi connectivity index (χ1n) is 19.7. The summed E-state index contributed by atoms with van der Waals surface area (Å²) in [4.78, 5) is 19.4. The van der Waals surface area contributed by atoms with Crippen LogP contribution in [0, 0.1) is 0 Å². The van der Waals surface area contributed by atoms with E-state index in [1.165, 1.54) is 0 Å². The van der Waals surface area contributed by atoms with Gasteiger partial charge in [-0.3, -0.25) is 4.79 Å². The Hall–Kier alpha value is -6.80. The molecule has 0 atom stereocenters. The summed E-state index contributed by atoms with van der Waals surface area (Å²) in [5.41, 5.74) is 5.19. The fourth-order valence-electron chi connectivity index (χ4n) is 9.00. The zero-order valence-electron chi connectivity index (χ0n) is 32.5. The Morgan fingerprint density at radius 1 is 0.632 bits per heavy atom. The molecular weight excluding hydrogens is 709 g/mol. The molecule has 2 heterocycles. The zero-order chi connectivity index (χ0) is 39.4. The molecule has 9 rings (SSSR count). The van der Waals surface area contributed by atoms with Gasteiger partial charge in [-0.05, 0) is 79.6 Å². The third kappa shape index (κ3) is 5.42. The lowest BCUT2D eigenvalue weighted by Gasteiger charge is -2.42. The quantitative estimate of drug-likeness (QED) is 0.143. The molecule has 0 fully saturated rings. The van der Waals surface area contributed by atoms with Gasteiger partial charge in [-0.25, -0.2) is 5.01 Å². The van der Waals surface area contributed by atoms with Gasteiger partial charge in [-0.1, -0.05) is 84.9 Å². The van der Waals surface area contributed by atoms with Crippen molar-refractivity contribution < 1.29 is 19.7 Å². The van der Waals surface area contributed by atoms with E-state index in [0.717, 1.165) is 75.8 Å². The molecule has 0 aromatic heterocycles. The highest BCUT2D eigenvalue weighted by Gasteiger charge is 2.57. The smallest absolute Gasteiger partial charge is 0.275 e. The van der Waals surface area contributed by atoms with Crippen LogP contribution in [0.2, 0.25) is 0 Å². The fraction of sp³-hybridized carbons (Fsp3) is 0.184. The van der Waals surface area contributed by atoms with Gasteiger partial charge < -0.3 is 24.7 Å². The van der Waals surface area contributed by atoms with E-state index in [-0.39, 0.29) is 17.4 Å². The number of hydrazone groups is 1. The second-order valence-electron chi connectivity index (χ2n) is 14.5. The van der Waals surface area contributed by atoms with E-state index in [1.54, 1.807) is 17.3 Å². The number of hydrogen-bond donors (Lipinski definition) is 2. The lowest BCUT2D eigenvalue weighted by molar-refractivity contribution is 0.0675. The minimum absolute atomic E-state index is 0.0518. The van der Waals surface area contributed by atoms with Crippen LogP contribution in [0.5, 0.6) is 23.0 Å². The first-order chi connectivity index (χ1) is 27.8. The maximum absolute atomic E-state index is 14.9. The molecule has 7 aromatic rings. The Morgan fingerprint density at radius 3 is 1.82 bits per heavy atom. The van der Waals surface area contributed by atoms with Gasteiger partial charge in [0.25, 0.3) is 5.91 Å². The molecule has 0 saturated carbocycles. The largest absolute Gasteiger partial charge is 0.507 e. The first-order valence-corrected chi connectivity index (χ1v) is 19.7. The normalized spacial score (nSPS) is 13.9. The van der Waals surface area contributed by atoms with Crippen LogP contribution in [0.25, 0.3) is 32.7 Å². The number of anilines is 2. The minimum atomic E-state index is -1.19. The standard InChI is InChI=1S/C49H44N4O4/c1-5-51(6-2)34-22-24-40-43(28-34)57-44-29-35(52(7-3)8-4)23-25-41(44)49(40)39-20-14-13-19-38(39)48(56)53(49)50-30-33-27-32-16-10-12-18-37(32)46(47(33)55)45-36-17-11-9-15-31(36)21-26-42(45)54/h9-30,54-55H,5-8H2,1-4H3/b50-30+.